The lowest BCUT2D eigenvalue weighted by molar-refractivity contribution is 0.0921. The van der Waals surface area contributed by atoms with E-state index in [2.05, 4.69) is 29.0 Å². The highest BCUT2D eigenvalue weighted by atomic mass is 16.1. The van der Waals surface area contributed by atoms with Gasteiger partial charge in [-0.25, -0.2) is 4.98 Å². The van der Waals surface area contributed by atoms with Crippen molar-refractivity contribution in [2.45, 2.75) is 32.7 Å². The van der Waals surface area contributed by atoms with Crippen molar-refractivity contribution >= 4 is 16.9 Å². The lowest BCUT2D eigenvalue weighted by Gasteiger charge is -2.35. The molecule has 1 N–H and O–H groups in total. The van der Waals surface area contributed by atoms with Crippen LogP contribution in [0.3, 0.4) is 0 Å². The van der Waals surface area contributed by atoms with E-state index in [4.69, 9.17) is 0 Å². The number of para-hydroxylation sites is 2. The first-order chi connectivity index (χ1) is 13.6. The molecule has 1 fully saturated rings. The molecule has 1 aliphatic heterocycles. The summed E-state index contributed by atoms with van der Waals surface area (Å²) >= 11 is 0. The molecule has 2 aromatic carbocycles. The number of hydrogen-bond acceptors (Lipinski definition) is 3. The predicted octanol–water partition coefficient (Wildman–Crippen LogP) is 3.88. The molecule has 3 aromatic rings. The van der Waals surface area contributed by atoms with Crippen molar-refractivity contribution < 1.29 is 4.79 Å². The maximum atomic E-state index is 12.5. The Hall–Kier alpha value is -2.66. The van der Waals surface area contributed by atoms with Gasteiger partial charge < -0.3 is 5.32 Å². The van der Waals surface area contributed by atoms with Crippen LogP contribution in [0.15, 0.2) is 54.9 Å². The second-order valence-electron chi connectivity index (χ2n) is 7.93. The molecule has 1 amide bonds. The van der Waals surface area contributed by atoms with Gasteiger partial charge in [0.25, 0.3) is 5.91 Å². The molecule has 5 heteroatoms. The van der Waals surface area contributed by atoms with Crippen LogP contribution in [-0.2, 0) is 0 Å². The quantitative estimate of drug-likeness (QED) is 0.735. The second kappa shape index (κ2) is 8.15. The lowest BCUT2D eigenvalue weighted by Crippen LogP contribution is -2.45. The number of nitrogens with zero attached hydrogens (tertiary/aromatic N) is 3. The number of nitrogens with one attached hydrogen (secondary N) is 1. The number of likely N-dealkylation sites (tertiary alicyclic amines) is 1. The van der Waals surface area contributed by atoms with E-state index >= 15 is 0 Å². The van der Waals surface area contributed by atoms with E-state index < -0.39 is 0 Å². The fourth-order valence-electron chi connectivity index (χ4n) is 3.88. The summed E-state index contributed by atoms with van der Waals surface area (Å²) in [6.45, 7) is 7.46. The van der Waals surface area contributed by atoms with Gasteiger partial charge in [-0.15, -0.1) is 0 Å². The zero-order chi connectivity index (χ0) is 19.5. The number of piperidine rings is 1. The fourth-order valence-corrected chi connectivity index (χ4v) is 3.88. The summed E-state index contributed by atoms with van der Waals surface area (Å²) in [5.41, 5.74) is 3.71. The molecule has 0 spiro atoms. The number of fused-ring (bicyclic) bond motifs is 1. The molecule has 0 radical (unpaired) electrons. The van der Waals surface area contributed by atoms with Crippen molar-refractivity contribution in [3.8, 4) is 5.69 Å². The zero-order valence-electron chi connectivity index (χ0n) is 16.6. The standard InChI is InChI=1S/C23H28N4O/c1-17-11-13-26(14-12-17)18(2)15-24-23(28)19-7-9-20(10-8-19)27-16-25-21-5-3-4-6-22(21)27/h3-10,16-18H,11-15H2,1-2H3,(H,24,28). The van der Waals surface area contributed by atoms with Crippen molar-refractivity contribution in [1.29, 1.82) is 0 Å². The first kappa shape index (κ1) is 18.7. The van der Waals surface area contributed by atoms with E-state index in [-0.39, 0.29) is 5.91 Å². The molecule has 1 saturated heterocycles. The van der Waals surface area contributed by atoms with Crippen LogP contribution in [0.4, 0.5) is 0 Å². The average molecular weight is 377 g/mol. The zero-order valence-corrected chi connectivity index (χ0v) is 16.6. The molecule has 1 atom stereocenters. The number of hydrogen-bond donors (Lipinski definition) is 1. The van der Waals surface area contributed by atoms with Crippen molar-refractivity contribution in [3.63, 3.8) is 0 Å². The molecule has 4 rings (SSSR count). The predicted molar refractivity (Wildman–Crippen MR) is 113 cm³/mol. The summed E-state index contributed by atoms with van der Waals surface area (Å²) in [5.74, 6) is 0.809. The van der Waals surface area contributed by atoms with Gasteiger partial charge in [0.1, 0.15) is 6.33 Å². The van der Waals surface area contributed by atoms with E-state index in [1.165, 1.54) is 12.8 Å². The summed E-state index contributed by atoms with van der Waals surface area (Å²) in [6.07, 6.45) is 4.33. The average Bonchev–Trinajstić information content (AvgIpc) is 3.16. The van der Waals surface area contributed by atoms with Crippen LogP contribution >= 0.6 is 0 Å². The third-order valence-electron chi connectivity index (χ3n) is 5.86. The Morgan fingerprint density at radius 2 is 1.86 bits per heavy atom. The van der Waals surface area contributed by atoms with Gasteiger partial charge in [0, 0.05) is 23.8 Å². The maximum Gasteiger partial charge on any atom is 0.251 e. The molecule has 5 nitrogen and oxygen atoms in total. The van der Waals surface area contributed by atoms with E-state index in [1.807, 2.05) is 59.4 Å². The van der Waals surface area contributed by atoms with Gasteiger partial charge in [-0.1, -0.05) is 19.1 Å². The molecule has 146 valence electrons. The molecule has 28 heavy (non-hydrogen) atoms. The highest BCUT2D eigenvalue weighted by molar-refractivity contribution is 5.94. The molecule has 0 bridgehead atoms. The van der Waals surface area contributed by atoms with Crippen molar-refractivity contribution in [1.82, 2.24) is 19.8 Å². The van der Waals surface area contributed by atoms with Gasteiger partial charge in [0.2, 0.25) is 0 Å². The molecule has 0 saturated carbocycles. The van der Waals surface area contributed by atoms with Crippen LogP contribution in [0.25, 0.3) is 16.7 Å². The van der Waals surface area contributed by atoms with Crippen LogP contribution in [-0.4, -0.2) is 46.0 Å². The molecule has 1 unspecified atom stereocenters. The summed E-state index contributed by atoms with van der Waals surface area (Å²) in [6, 6.07) is 16.1. The number of carbonyl (C=O) groups excluding carboxylic acids is 1. The van der Waals surface area contributed by atoms with E-state index in [1.54, 1.807) is 0 Å². The van der Waals surface area contributed by atoms with Gasteiger partial charge in [-0.05, 0) is 75.2 Å². The Labute approximate surface area is 166 Å². The molecule has 1 aromatic heterocycles. The van der Waals surface area contributed by atoms with Crippen LogP contribution in [0.5, 0.6) is 0 Å². The highest BCUT2D eigenvalue weighted by Crippen LogP contribution is 2.19. The number of benzene rings is 2. The summed E-state index contributed by atoms with van der Waals surface area (Å²) in [4.78, 5) is 19.5. The molecule has 2 heterocycles. The summed E-state index contributed by atoms with van der Waals surface area (Å²) in [7, 11) is 0. The number of imidazole rings is 1. The van der Waals surface area contributed by atoms with Gasteiger partial charge in [0.05, 0.1) is 11.0 Å². The Bertz CT molecular complexity index is 939. The monoisotopic (exact) mass is 376 g/mol. The summed E-state index contributed by atoms with van der Waals surface area (Å²) in [5, 5.41) is 3.09. The lowest BCUT2D eigenvalue weighted by atomic mass is 9.98. The fraction of sp³-hybridized carbons (Fsp3) is 0.391. The van der Waals surface area contributed by atoms with Crippen LogP contribution in [0.2, 0.25) is 0 Å². The topological polar surface area (TPSA) is 50.2 Å². The van der Waals surface area contributed by atoms with Gasteiger partial charge in [-0.2, -0.15) is 0 Å². The van der Waals surface area contributed by atoms with Gasteiger partial charge in [-0.3, -0.25) is 14.3 Å². The number of carbonyl (C=O) groups is 1. The smallest absolute Gasteiger partial charge is 0.251 e. The van der Waals surface area contributed by atoms with E-state index in [0.29, 0.717) is 18.2 Å². The van der Waals surface area contributed by atoms with E-state index in [9.17, 15) is 4.79 Å². The second-order valence-corrected chi connectivity index (χ2v) is 7.93. The normalized spacial score (nSPS) is 16.9. The largest absolute Gasteiger partial charge is 0.350 e. The van der Waals surface area contributed by atoms with Crippen LogP contribution in [0.1, 0.15) is 37.0 Å². The maximum absolute atomic E-state index is 12.5. The highest BCUT2D eigenvalue weighted by Gasteiger charge is 2.20. The minimum absolute atomic E-state index is 0.0146. The molecular weight excluding hydrogens is 348 g/mol. The van der Waals surface area contributed by atoms with Crippen molar-refractivity contribution in [2.75, 3.05) is 19.6 Å². The van der Waals surface area contributed by atoms with E-state index in [0.717, 1.165) is 35.7 Å². The van der Waals surface area contributed by atoms with Crippen LogP contribution in [0, 0.1) is 5.92 Å². The first-order valence-electron chi connectivity index (χ1n) is 10.2. The molecule has 0 aliphatic carbocycles. The Morgan fingerprint density at radius 1 is 1.14 bits per heavy atom. The number of amides is 1. The van der Waals surface area contributed by atoms with Crippen molar-refractivity contribution in [3.05, 3.63) is 60.4 Å². The van der Waals surface area contributed by atoms with Crippen LogP contribution < -0.4 is 5.32 Å². The van der Waals surface area contributed by atoms with Crippen molar-refractivity contribution in [2.24, 2.45) is 5.92 Å². The minimum atomic E-state index is -0.0146. The first-order valence-corrected chi connectivity index (χ1v) is 10.2. The number of aromatic nitrogens is 2. The molecule has 1 aliphatic rings. The third kappa shape index (κ3) is 3.94. The Balaban J connectivity index is 1.38. The van der Waals surface area contributed by atoms with Gasteiger partial charge >= 0.3 is 0 Å². The summed E-state index contributed by atoms with van der Waals surface area (Å²) < 4.78 is 2.04. The van der Waals surface area contributed by atoms with Gasteiger partial charge in [0.15, 0.2) is 0 Å². The molecular formula is C23H28N4O. The Morgan fingerprint density at radius 3 is 2.61 bits per heavy atom. The third-order valence-corrected chi connectivity index (χ3v) is 5.86. The Kier molecular flexibility index (Phi) is 5.44. The minimum Gasteiger partial charge on any atom is -0.350 e. The SMILES string of the molecule is CC1CCN(C(C)CNC(=O)c2ccc(-n3cnc4ccccc43)cc2)CC1. The number of rotatable bonds is 5.